The third kappa shape index (κ3) is 4.57. The van der Waals surface area contributed by atoms with Gasteiger partial charge in [0.05, 0.1) is 4.47 Å². The van der Waals surface area contributed by atoms with Crippen LogP contribution in [0.2, 0.25) is 0 Å². The second-order valence-electron chi connectivity index (χ2n) is 5.25. The zero-order valence-electron chi connectivity index (χ0n) is 12.4. The van der Waals surface area contributed by atoms with Crippen LogP contribution in [0.25, 0.3) is 0 Å². The summed E-state index contributed by atoms with van der Waals surface area (Å²) in [6.45, 7) is 2.90. The number of carbonyl (C=O) groups is 1. The summed E-state index contributed by atoms with van der Waals surface area (Å²) in [6, 6.07) is 4.23. The molecule has 0 aliphatic carbocycles. The first-order valence-corrected chi connectivity index (χ1v) is 7.94. The van der Waals surface area contributed by atoms with Crippen LogP contribution in [0.5, 0.6) is 5.75 Å². The van der Waals surface area contributed by atoms with Crippen LogP contribution < -0.4 is 10.5 Å². The predicted molar refractivity (Wildman–Crippen MR) is 89.8 cm³/mol. The van der Waals surface area contributed by atoms with Gasteiger partial charge < -0.3 is 15.4 Å². The number of halogens is 3. The van der Waals surface area contributed by atoms with Crippen molar-refractivity contribution < 1.29 is 13.9 Å². The molecule has 1 aromatic rings. The van der Waals surface area contributed by atoms with Crippen LogP contribution in [0.1, 0.15) is 26.2 Å². The summed E-state index contributed by atoms with van der Waals surface area (Å²) in [5.41, 5.74) is 5.74. The first kappa shape index (κ1) is 19.2. The van der Waals surface area contributed by atoms with Gasteiger partial charge in [0.2, 0.25) is 0 Å². The Morgan fingerprint density at radius 1 is 1.55 bits per heavy atom. The lowest BCUT2D eigenvalue weighted by molar-refractivity contribution is -0.141. The number of rotatable bonds is 4. The smallest absolute Gasteiger partial charge is 0.263 e. The fraction of sp³-hybridized carbons (Fsp3) is 0.533. The molecule has 4 nitrogen and oxygen atoms in total. The average Bonchev–Trinajstić information content (AvgIpc) is 2.49. The van der Waals surface area contributed by atoms with Crippen LogP contribution in [0.4, 0.5) is 4.39 Å². The van der Waals surface area contributed by atoms with Gasteiger partial charge in [-0.15, -0.1) is 12.4 Å². The van der Waals surface area contributed by atoms with Gasteiger partial charge in [-0.1, -0.05) is 0 Å². The van der Waals surface area contributed by atoms with Crippen molar-refractivity contribution in [1.29, 1.82) is 0 Å². The Labute approximate surface area is 144 Å². The molecule has 1 heterocycles. The summed E-state index contributed by atoms with van der Waals surface area (Å²) in [5.74, 6) is 0.0346. The molecule has 1 aliphatic rings. The maximum absolute atomic E-state index is 13.1. The summed E-state index contributed by atoms with van der Waals surface area (Å²) >= 11 is 3.24. The van der Waals surface area contributed by atoms with Crippen LogP contribution in [0, 0.1) is 5.82 Å². The molecule has 0 aromatic heterocycles. The van der Waals surface area contributed by atoms with Crippen molar-refractivity contribution in [2.45, 2.75) is 38.3 Å². The van der Waals surface area contributed by atoms with Crippen molar-refractivity contribution >= 4 is 34.2 Å². The number of likely N-dealkylation sites (tertiary alicyclic amines) is 1. The highest BCUT2D eigenvalue weighted by Crippen LogP contribution is 2.27. The molecule has 2 atom stereocenters. The van der Waals surface area contributed by atoms with Crippen LogP contribution in [0.15, 0.2) is 22.7 Å². The minimum Gasteiger partial charge on any atom is -0.480 e. The summed E-state index contributed by atoms with van der Waals surface area (Å²) in [6.07, 6.45) is 2.41. The highest BCUT2D eigenvalue weighted by molar-refractivity contribution is 9.10. The van der Waals surface area contributed by atoms with E-state index in [1.165, 1.54) is 18.2 Å². The Morgan fingerprint density at radius 2 is 2.27 bits per heavy atom. The van der Waals surface area contributed by atoms with Gasteiger partial charge >= 0.3 is 0 Å². The van der Waals surface area contributed by atoms with Crippen molar-refractivity contribution in [3.05, 3.63) is 28.5 Å². The average molecular weight is 396 g/mol. The number of ether oxygens (including phenoxy) is 1. The van der Waals surface area contributed by atoms with Gasteiger partial charge in [0, 0.05) is 19.1 Å². The fourth-order valence-electron chi connectivity index (χ4n) is 2.58. The number of nitrogens with two attached hydrogens (primary N) is 1. The molecule has 1 saturated heterocycles. The Bertz CT molecular complexity index is 518. The van der Waals surface area contributed by atoms with Crippen LogP contribution in [-0.4, -0.2) is 36.0 Å². The largest absolute Gasteiger partial charge is 0.480 e. The van der Waals surface area contributed by atoms with Gasteiger partial charge in [-0.3, -0.25) is 4.79 Å². The molecular weight excluding hydrogens is 375 g/mol. The SMILES string of the molecule is CC(Oc1ccc(F)cc1Br)C(=O)N1CCCCC1CN.Cl. The van der Waals surface area contributed by atoms with E-state index in [9.17, 15) is 9.18 Å². The molecule has 22 heavy (non-hydrogen) atoms. The third-order valence-corrected chi connectivity index (χ3v) is 4.35. The monoisotopic (exact) mass is 394 g/mol. The van der Waals surface area contributed by atoms with E-state index in [4.69, 9.17) is 10.5 Å². The van der Waals surface area contributed by atoms with Gasteiger partial charge in [0.1, 0.15) is 11.6 Å². The lowest BCUT2D eigenvalue weighted by Crippen LogP contribution is -2.51. The second-order valence-corrected chi connectivity index (χ2v) is 6.11. The van der Waals surface area contributed by atoms with E-state index < -0.39 is 6.10 Å². The van der Waals surface area contributed by atoms with Gasteiger partial charge in [0.15, 0.2) is 6.10 Å². The number of hydrogen-bond acceptors (Lipinski definition) is 3. The molecule has 2 unspecified atom stereocenters. The lowest BCUT2D eigenvalue weighted by Gasteiger charge is -2.36. The number of benzene rings is 1. The number of nitrogens with zero attached hydrogens (tertiary/aromatic N) is 1. The van der Waals surface area contributed by atoms with Crippen molar-refractivity contribution in [2.24, 2.45) is 5.73 Å². The van der Waals surface area contributed by atoms with E-state index >= 15 is 0 Å². The van der Waals surface area contributed by atoms with Crippen molar-refractivity contribution in [2.75, 3.05) is 13.1 Å². The molecule has 7 heteroatoms. The summed E-state index contributed by atoms with van der Waals surface area (Å²) in [4.78, 5) is 14.3. The molecule has 1 amide bonds. The van der Waals surface area contributed by atoms with Gasteiger partial charge in [0.25, 0.3) is 5.91 Å². The molecule has 1 aromatic carbocycles. The Kier molecular flexibility index (Phi) is 7.59. The third-order valence-electron chi connectivity index (χ3n) is 3.73. The zero-order chi connectivity index (χ0) is 15.4. The molecule has 2 N–H and O–H groups in total. The van der Waals surface area contributed by atoms with Crippen molar-refractivity contribution in [3.63, 3.8) is 0 Å². The number of carbonyl (C=O) groups excluding carboxylic acids is 1. The van der Waals surface area contributed by atoms with Gasteiger partial charge in [-0.25, -0.2) is 4.39 Å². The molecule has 0 bridgehead atoms. The molecule has 1 aliphatic heterocycles. The topological polar surface area (TPSA) is 55.6 Å². The van der Waals surface area contributed by atoms with Crippen molar-refractivity contribution in [3.8, 4) is 5.75 Å². The first-order valence-electron chi connectivity index (χ1n) is 7.15. The van der Waals surface area contributed by atoms with Crippen LogP contribution in [-0.2, 0) is 4.79 Å². The molecule has 0 saturated carbocycles. The Balaban J connectivity index is 0.00000242. The van der Waals surface area contributed by atoms with E-state index in [1.54, 1.807) is 6.92 Å². The molecule has 0 spiro atoms. The minimum absolute atomic E-state index is 0. The summed E-state index contributed by atoms with van der Waals surface area (Å²) in [7, 11) is 0. The number of amides is 1. The van der Waals surface area contributed by atoms with Crippen molar-refractivity contribution in [1.82, 2.24) is 4.90 Å². The van der Waals surface area contributed by atoms with E-state index in [0.29, 0.717) is 16.8 Å². The van der Waals surface area contributed by atoms with E-state index in [1.807, 2.05) is 4.90 Å². The normalized spacial score (nSPS) is 19.3. The standard InChI is InChI=1S/C15H20BrFN2O2.ClH/c1-10(21-14-6-5-11(17)8-13(14)16)15(20)19-7-3-2-4-12(19)9-18;/h5-6,8,10,12H,2-4,7,9,18H2,1H3;1H. The molecule has 124 valence electrons. The Hall–Kier alpha value is -0.850. The minimum atomic E-state index is -0.626. The quantitative estimate of drug-likeness (QED) is 0.852. The predicted octanol–water partition coefficient (Wildman–Crippen LogP) is 3.12. The van der Waals surface area contributed by atoms with E-state index in [2.05, 4.69) is 15.9 Å². The van der Waals surface area contributed by atoms with Gasteiger partial charge in [-0.05, 0) is 60.3 Å². The van der Waals surface area contributed by atoms with E-state index in [-0.39, 0.29) is 30.2 Å². The molecular formula is C15H21BrClFN2O2. The fourth-order valence-corrected chi connectivity index (χ4v) is 3.03. The number of hydrogen-bond donors (Lipinski definition) is 1. The zero-order valence-corrected chi connectivity index (χ0v) is 14.8. The summed E-state index contributed by atoms with van der Waals surface area (Å²) in [5, 5.41) is 0. The molecule has 2 rings (SSSR count). The Morgan fingerprint density at radius 3 is 2.91 bits per heavy atom. The van der Waals surface area contributed by atoms with Gasteiger partial charge in [-0.2, -0.15) is 0 Å². The van der Waals surface area contributed by atoms with Crippen LogP contribution in [0.3, 0.4) is 0 Å². The highest BCUT2D eigenvalue weighted by Gasteiger charge is 2.30. The highest BCUT2D eigenvalue weighted by atomic mass is 79.9. The molecule has 1 fully saturated rings. The maximum Gasteiger partial charge on any atom is 0.263 e. The maximum atomic E-state index is 13.1. The number of piperidine rings is 1. The second kappa shape index (κ2) is 8.70. The summed E-state index contributed by atoms with van der Waals surface area (Å²) < 4.78 is 19.2. The lowest BCUT2D eigenvalue weighted by atomic mass is 10.0. The van der Waals surface area contributed by atoms with Crippen LogP contribution >= 0.6 is 28.3 Å². The first-order chi connectivity index (χ1) is 10.0. The van der Waals surface area contributed by atoms with E-state index in [0.717, 1.165) is 25.8 Å². The molecule has 0 radical (unpaired) electrons.